The van der Waals surface area contributed by atoms with Crippen LogP contribution in [0.2, 0.25) is 10.0 Å². The molecule has 1 aromatic heterocycles. The second-order valence-corrected chi connectivity index (χ2v) is 8.81. The topological polar surface area (TPSA) is 47.8 Å². The van der Waals surface area contributed by atoms with Gasteiger partial charge >= 0.3 is 0 Å². The second-order valence-electron chi connectivity index (χ2n) is 6.30. The SMILES string of the molecule is Cc1nnc([S@@](=O)[C@@H](C)c2ccc(Cl)cc2Cl)n1C1CCCCC1. The number of aryl methyl sites for hydroxylation is 1. The monoisotopic (exact) mass is 385 g/mol. The average Bonchev–Trinajstić information content (AvgIpc) is 2.96. The maximum atomic E-state index is 13.2. The van der Waals surface area contributed by atoms with E-state index in [1.165, 1.54) is 19.3 Å². The maximum Gasteiger partial charge on any atom is 0.222 e. The molecule has 0 N–H and O–H groups in total. The minimum Gasteiger partial charge on any atom is -0.301 e. The summed E-state index contributed by atoms with van der Waals surface area (Å²) >= 11 is 12.2. The Kier molecular flexibility index (Phi) is 5.63. The first-order chi connectivity index (χ1) is 11.5. The van der Waals surface area contributed by atoms with E-state index in [0.29, 0.717) is 21.2 Å². The molecule has 0 saturated heterocycles. The quantitative estimate of drug-likeness (QED) is 0.720. The zero-order valence-electron chi connectivity index (χ0n) is 13.8. The molecule has 0 spiro atoms. The van der Waals surface area contributed by atoms with Gasteiger partial charge in [0.15, 0.2) is 0 Å². The van der Waals surface area contributed by atoms with Crippen LogP contribution in [-0.2, 0) is 10.8 Å². The summed E-state index contributed by atoms with van der Waals surface area (Å²) in [5.41, 5.74) is 0.815. The summed E-state index contributed by atoms with van der Waals surface area (Å²) in [5.74, 6) is 0.833. The molecule has 0 unspecified atom stereocenters. The lowest BCUT2D eigenvalue weighted by Gasteiger charge is -2.25. The van der Waals surface area contributed by atoms with Crippen LogP contribution in [0.5, 0.6) is 0 Å². The molecule has 1 fully saturated rings. The largest absolute Gasteiger partial charge is 0.301 e. The van der Waals surface area contributed by atoms with Crippen molar-refractivity contribution in [2.75, 3.05) is 0 Å². The van der Waals surface area contributed by atoms with Gasteiger partial charge < -0.3 is 4.57 Å². The number of rotatable bonds is 4. The normalized spacial score (nSPS) is 18.5. The number of aromatic nitrogens is 3. The van der Waals surface area contributed by atoms with Gasteiger partial charge in [0, 0.05) is 16.1 Å². The minimum atomic E-state index is -1.33. The third-order valence-corrected chi connectivity index (χ3v) is 6.77. The van der Waals surface area contributed by atoms with E-state index >= 15 is 0 Å². The molecule has 1 aliphatic carbocycles. The van der Waals surface area contributed by atoms with E-state index in [9.17, 15) is 4.21 Å². The molecule has 0 radical (unpaired) electrons. The van der Waals surface area contributed by atoms with Crippen LogP contribution in [0.3, 0.4) is 0 Å². The van der Waals surface area contributed by atoms with Crippen molar-refractivity contribution in [1.29, 1.82) is 0 Å². The van der Waals surface area contributed by atoms with Crippen LogP contribution in [0.1, 0.15) is 61.7 Å². The summed E-state index contributed by atoms with van der Waals surface area (Å²) in [6.45, 7) is 3.84. The molecule has 2 atom stereocenters. The van der Waals surface area contributed by atoms with Gasteiger partial charge in [0.05, 0.1) is 16.0 Å². The molecular weight excluding hydrogens is 365 g/mol. The zero-order chi connectivity index (χ0) is 17.3. The molecule has 0 bridgehead atoms. The van der Waals surface area contributed by atoms with Crippen LogP contribution >= 0.6 is 23.2 Å². The lowest BCUT2D eigenvalue weighted by atomic mass is 9.95. The van der Waals surface area contributed by atoms with Crippen LogP contribution in [0.25, 0.3) is 0 Å². The van der Waals surface area contributed by atoms with Crippen LogP contribution < -0.4 is 0 Å². The Morgan fingerprint density at radius 3 is 2.58 bits per heavy atom. The lowest BCUT2D eigenvalue weighted by molar-refractivity contribution is 0.330. The number of hydrogen-bond donors (Lipinski definition) is 0. The summed E-state index contributed by atoms with van der Waals surface area (Å²) in [5, 5.41) is 9.80. The van der Waals surface area contributed by atoms with Crippen molar-refractivity contribution >= 4 is 34.0 Å². The van der Waals surface area contributed by atoms with Crippen LogP contribution in [0.15, 0.2) is 23.4 Å². The highest BCUT2D eigenvalue weighted by Gasteiger charge is 2.28. The summed E-state index contributed by atoms with van der Waals surface area (Å²) < 4.78 is 15.2. The Bertz CT molecular complexity index is 756. The van der Waals surface area contributed by atoms with Crippen molar-refractivity contribution < 1.29 is 4.21 Å². The summed E-state index contributed by atoms with van der Waals surface area (Å²) in [6, 6.07) is 5.64. The molecule has 24 heavy (non-hydrogen) atoms. The Balaban J connectivity index is 1.92. The maximum absolute atomic E-state index is 13.2. The molecule has 130 valence electrons. The highest BCUT2D eigenvalue weighted by molar-refractivity contribution is 7.85. The van der Waals surface area contributed by atoms with Crippen LogP contribution in [0, 0.1) is 6.92 Å². The minimum absolute atomic E-state index is 0.277. The van der Waals surface area contributed by atoms with E-state index in [0.717, 1.165) is 24.2 Å². The molecule has 3 rings (SSSR count). The Morgan fingerprint density at radius 2 is 1.92 bits per heavy atom. The van der Waals surface area contributed by atoms with Crippen molar-refractivity contribution in [3.8, 4) is 0 Å². The first-order valence-electron chi connectivity index (χ1n) is 8.26. The van der Waals surface area contributed by atoms with Gasteiger partial charge in [0.1, 0.15) is 5.82 Å². The highest BCUT2D eigenvalue weighted by atomic mass is 35.5. The Morgan fingerprint density at radius 1 is 1.21 bits per heavy atom. The van der Waals surface area contributed by atoms with E-state index < -0.39 is 10.8 Å². The van der Waals surface area contributed by atoms with Crippen LogP contribution in [0.4, 0.5) is 0 Å². The summed E-state index contributed by atoms with van der Waals surface area (Å²) in [7, 11) is -1.33. The lowest BCUT2D eigenvalue weighted by Crippen LogP contribution is -2.19. The smallest absolute Gasteiger partial charge is 0.222 e. The fraction of sp³-hybridized carbons (Fsp3) is 0.529. The molecule has 0 amide bonds. The molecule has 1 aromatic carbocycles. The van der Waals surface area contributed by atoms with Crippen molar-refractivity contribution in [2.45, 2.75) is 62.4 Å². The van der Waals surface area contributed by atoms with E-state index in [2.05, 4.69) is 14.8 Å². The predicted octanol–water partition coefficient (Wildman–Crippen LogP) is 5.27. The first kappa shape index (κ1) is 17.9. The van der Waals surface area contributed by atoms with Crippen molar-refractivity contribution in [2.24, 2.45) is 0 Å². The van der Waals surface area contributed by atoms with E-state index in [-0.39, 0.29) is 5.25 Å². The third kappa shape index (κ3) is 3.53. The van der Waals surface area contributed by atoms with Crippen molar-refractivity contribution in [3.05, 3.63) is 39.6 Å². The highest BCUT2D eigenvalue weighted by Crippen LogP contribution is 2.35. The molecule has 1 aliphatic rings. The molecule has 2 aromatic rings. The fourth-order valence-corrected chi connectivity index (χ4v) is 5.34. The number of halogens is 2. The molecule has 1 saturated carbocycles. The molecular formula is C17H21Cl2N3OS. The first-order valence-corrected chi connectivity index (χ1v) is 10.2. The molecule has 7 heteroatoms. The molecule has 0 aliphatic heterocycles. The predicted molar refractivity (Wildman–Crippen MR) is 98.2 cm³/mol. The Labute approximate surface area is 155 Å². The Hall–Kier alpha value is -0.910. The molecule has 4 nitrogen and oxygen atoms in total. The summed E-state index contributed by atoms with van der Waals surface area (Å²) in [4.78, 5) is 0. The van der Waals surface area contributed by atoms with Crippen molar-refractivity contribution in [3.63, 3.8) is 0 Å². The van der Waals surface area contributed by atoms with E-state index in [1.807, 2.05) is 19.9 Å². The van der Waals surface area contributed by atoms with Gasteiger partial charge in [-0.05, 0) is 44.4 Å². The van der Waals surface area contributed by atoms with E-state index in [1.54, 1.807) is 12.1 Å². The number of benzene rings is 1. The molecule has 1 heterocycles. The number of nitrogens with zero attached hydrogens (tertiary/aromatic N) is 3. The van der Waals surface area contributed by atoms with Gasteiger partial charge in [-0.3, -0.25) is 4.21 Å². The van der Waals surface area contributed by atoms with Gasteiger partial charge in [-0.15, -0.1) is 10.2 Å². The number of hydrogen-bond acceptors (Lipinski definition) is 3. The van der Waals surface area contributed by atoms with E-state index in [4.69, 9.17) is 23.2 Å². The second kappa shape index (κ2) is 7.54. The fourth-order valence-electron chi connectivity index (χ4n) is 3.35. The van der Waals surface area contributed by atoms with Gasteiger partial charge in [0.2, 0.25) is 5.16 Å². The van der Waals surface area contributed by atoms with Gasteiger partial charge in [0.25, 0.3) is 0 Å². The zero-order valence-corrected chi connectivity index (χ0v) is 16.2. The summed E-state index contributed by atoms with van der Waals surface area (Å²) in [6.07, 6.45) is 5.87. The van der Waals surface area contributed by atoms with Crippen molar-refractivity contribution in [1.82, 2.24) is 14.8 Å². The van der Waals surface area contributed by atoms with Gasteiger partial charge in [-0.25, -0.2) is 0 Å². The van der Waals surface area contributed by atoms with Crippen LogP contribution in [-0.4, -0.2) is 19.0 Å². The third-order valence-electron chi connectivity index (χ3n) is 4.68. The standard InChI is InChI=1S/C17H21Cl2N3OS/c1-11(15-9-8-13(18)10-16(15)19)24(23)17-21-20-12(2)22(17)14-6-4-3-5-7-14/h8-11,14H,3-7H2,1-2H3/t11-,24-/m0/s1. The van der Waals surface area contributed by atoms with Gasteiger partial charge in [-0.1, -0.05) is 48.5 Å². The average molecular weight is 386 g/mol. The van der Waals surface area contributed by atoms with Gasteiger partial charge in [-0.2, -0.15) is 0 Å².